The fourth-order valence-electron chi connectivity index (χ4n) is 6.25. The third-order valence-corrected chi connectivity index (χ3v) is 9.11. The van der Waals surface area contributed by atoms with Crippen LogP contribution in [0.2, 0.25) is 0 Å². The number of benzene rings is 2. The van der Waals surface area contributed by atoms with Crippen LogP contribution in [-0.4, -0.2) is 79.4 Å². The summed E-state index contributed by atoms with van der Waals surface area (Å²) in [4.78, 5) is 57.1. The average Bonchev–Trinajstić information content (AvgIpc) is 3.70. The number of anilines is 1. The van der Waals surface area contributed by atoms with Crippen molar-refractivity contribution in [2.75, 3.05) is 39.0 Å². The van der Waals surface area contributed by atoms with Crippen molar-refractivity contribution in [1.82, 2.24) is 33.9 Å². The predicted octanol–water partition coefficient (Wildman–Crippen LogP) is 5.35. The minimum Gasteiger partial charge on any atom is -0.451 e. The normalized spacial score (nSPS) is 11.5. The van der Waals surface area contributed by atoms with Gasteiger partial charge in [0.2, 0.25) is 5.43 Å². The number of imidazole rings is 1. The second-order valence-electron chi connectivity index (χ2n) is 12.7. The Morgan fingerprint density at radius 2 is 1.62 bits per heavy atom. The molecule has 0 saturated heterocycles. The van der Waals surface area contributed by atoms with Crippen LogP contribution in [0.3, 0.4) is 0 Å². The highest BCUT2D eigenvalue weighted by atomic mass is 19.1. The van der Waals surface area contributed by atoms with Crippen molar-refractivity contribution < 1.29 is 18.7 Å². The number of nitrogens with zero attached hydrogens (tertiary/aromatic N) is 7. The van der Waals surface area contributed by atoms with Gasteiger partial charge in [-0.3, -0.25) is 24.4 Å². The Kier molecular flexibility index (Phi) is 9.74. The van der Waals surface area contributed by atoms with Crippen molar-refractivity contribution in [1.29, 1.82) is 0 Å². The van der Waals surface area contributed by atoms with Crippen LogP contribution in [0.4, 0.5) is 10.1 Å². The zero-order chi connectivity index (χ0) is 36.2. The first-order valence-electron chi connectivity index (χ1n) is 17.0. The number of rotatable bonds is 13. The Morgan fingerprint density at radius 1 is 0.904 bits per heavy atom. The number of fused-ring (bicyclic) bond motifs is 2. The van der Waals surface area contributed by atoms with Crippen LogP contribution in [-0.2, 0) is 19.4 Å². The summed E-state index contributed by atoms with van der Waals surface area (Å²) in [5.74, 6) is -1.08. The summed E-state index contributed by atoms with van der Waals surface area (Å²) < 4.78 is 26.0. The summed E-state index contributed by atoms with van der Waals surface area (Å²) in [6, 6.07) is 17.4. The quantitative estimate of drug-likeness (QED) is 0.160. The number of carbonyl (C=O) groups excluding carboxylic acids is 2. The van der Waals surface area contributed by atoms with E-state index in [4.69, 9.17) is 4.74 Å². The lowest BCUT2D eigenvalue weighted by Crippen LogP contribution is -2.33. The van der Waals surface area contributed by atoms with Gasteiger partial charge in [0, 0.05) is 101 Å². The average molecular weight is 701 g/mol. The molecular formula is C39H37FN8O4. The molecule has 264 valence electrons. The topological polar surface area (TPSA) is 127 Å². The SMILES string of the molecule is CN(CCc1ccccn1)C(=O)c1ccc2c(c1)Oc1c(NCCCn3ccnc3)c(F)cc3c(=O)c(C(=O)N(C)CCc4ccccn4)cn-2c13. The van der Waals surface area contributed by atoms with Crippen LogP contribution in [0.1, 0.15) is 38.5 Å². The number of aryl methyl sites for hydroxylation is 1. The predicted molar refractivity (Wildman–Crippen MR) is 195 cm³/mol. The van der Waals surface area contributed by atoms with E-state index in [-0.39, 0.29) is 34.0 Å². The Hall–Kier alpha value is -6.37. The van der Waals surface area contributed by atoms with E-state index < -0.39 is 17.2 Å². The summed E-state index contributed by atoms with van der Waals surface area (Å²) in [7, 11) is 3.34. The first-order valence-corrected chi connectivity index (χ1v) is 17.0. The van der Waals surface area contributed by atoms with Gasteiger partial charge < -0.3 is 29.0 Å². The van der Waals surface area contributed by atoms with Gasteiger partial charge in [-0.05, 0) is 55.0 Å². The molecule has 12 nitrogen and oxygen atoms in total. The van der Waals surface area contributed by atoms with Crippen LogP contribution in [0.15, 0.2) is 103 Å². The van der Waals surface area contributed by atoms with Crippen molar-refractivity contribution in [2.45, 2.75) is 25.8 Å². The number of halogens is 1. The first-order chi connectivity index (χ1) is 25.3. The van der Waals surface area contributed by atoms with Gasteiger partial charge in [-0.2, -0.15) is 0 Å². The molecule has 0 saturated carbocycles. The number of carbonyl (C=O) groups is 2. The van der Waals surface area contributed by atoms with Crippen molar-refractivity contribution in [2.24, 2.45) is 0 Å². The van der Waals surface area contributed by atoms with Crippen LogP contribution >= 0.6 is 0 Å². The molecule has 5 heterocycles. The molecule has 2 amide bonds. The molecule has 1 N–H and O–H groups in total. The monoisotopic (exact) mass is 700 g/mol. The van der Waals surface area contributed by atoms with Crippen molar-refractivity contribution in [3.05, 3.63) is 137 Å². The standard InChI is InChI=1S/C39H37FN8O4/c1-45(19-12-27-8-3-5-14-42-27)38(50)26-10-11-32-33(22-26)52-37-34(44-16-7-18-47-21-17-41-25-47)31(40)23-29-35(37)48(32)24-30(36(29)49)39(51)46(2)20-13-28-9-4-6-15-43-28/h3-6,8-11,14-15,17,21-25,44H,7,12-13,16,18-20H2,1-2H3. The Labute approximate surface area is 299 Å². The van der Waals surface area contributed by atoms with Gasteiger partial charge in [-0.1, -0.05) is 12.1 Å². The molecule has 13 heteroatoms. The van der Waals surface area contributed by atoms with Crippen LogP contribution < -0.4 is 15.5 Å². The third-order valence-electron chi connectivity index (χ3n) is 9.11. The van der Waals surface area contributed by atoms with Crippen molar-refractivity contribution in [3.8, 4) is 17.2 Å². The van der Waals surface area contributed by atoms with E-state index in [0.29, 0.717) is 62.2 Å². The zero-order valence-corrected chi connectivity index (χ0v) is 28.8. The first kappa shape index (κ1) is 34.1. The van der Waals surface area contributed by atoms with E-state index in [9.17, 15) is 14.4 Å². The fourth-order valence-corrected chi connectivity index (χ4v) is 6.25. The Balaban J connectivity index is 1.24. The van der Waals surface area contributed by atoms with Gasteiger partial charge in [0.05, 0.1) is 17.4 Å². The summed E-state index contributed by atoms with van der Waals surface area (Å²) in [6.07, 6.45) is 11.9. The number of nitrogens with one attached hydrogen (secondary N) is 1. The largest absolute Gasteiger partial charge is 0.451 e. The highest BCUT2D eigenvalue weighted by Gasteiger charge is 2.30. The van der Waals surface area contributed by atoms with Gasteiger partial charge in [-0.25, -0.2) is 9.37 Å². The lowest BCUT2D eigenvalue weighted by molar-refractivity contribution is 0.0788. The number of amides is 2. The molecule has 4 aromatic heterocycles. The number of hydrogen-bond donors (Lipinski definition) is 1. The van der Waals surface area contributed by atoms with E-state index in [1.807, 2.05) is 47.2 Å². The molecular weight excluding hydrogens is 663 g/mol. The van der Waals surface area contributed by atoms with Gasteiger partial charge in [0.1, 0.15) is 16.8 Å². The van der Waals surface area contributed by atoms with Crippen LogP contribution in [0.5, 0.6) is 11.5 Å². The van der Waals surface area contributed by atoms with Gasteiger partial charge >= 0.3 is 0 Å². The number of pyridine rings is 3. The zero-order valence-electron chi connectivity index (χ0n) is 28.8. The number of hydrogen-bond acceptors (Lipinski definition) is 8. The molecule has 1 aliphatic rings. The fraction of sp³-hybridized carbons (Fsp3) is 0.231. The minimum absolute atomic E-state index is 0.000462. The van der Waals surface area contributed by atoms with E-state index in [1.54, 1.807) is 66.7 Å². The molecule has 7 rings (SSSR count). The molecule has 0 radical (unpaired) electrons. The van der Waals surface area contributed by atoms with Crippen LogP contribution in [0.25, 0.3) is 16.6 Å². The summed E-state index contributed by atoms with van der Waals surface area (Å²) in [5.41, 5.74) is 2.19. The molecule has 2 aromatic carbocycles. The molecule has 6 aromatic rings. The summed E-state index contributed by atoms with van der Waals surface area (Å²) >= 11 is 0. The molecule has 0 fully saturated rings. The molecule has 52 heavy (non-hydrogen) atoms. The van der Waals surface area contributed by atoms with Gasteiger partial charge in [0.25, 0.3) is 11.8 Å². The molecule has 0 unspecified atom stereocenters. The maximum absolute atomic E-state index is 16.0. The summed E-state index contributed by atoms with van der Waals surface area (Å²) in [6.45, 7) is 1.80. The lowest BCUT2D eigenvalue weighted by atomic mass is 10.0. The van der Waals surface area contributed by atoms with Crippen molar-refractivity contribution in [3.63, 3.8) is 0 Å². The minimum atomic E-state index is -0.702. The summed E-state index contributed by atoms with van der Waals surface area (Å²) in [5, 5.41) is 3.16. The van der Waals surface area contributed by atoms with E-state index >= 15 is 4.39 Å². The third kappa shape index (κ3) is 6.97. The smallest absolute Gasteiger partial charge is 0.259 e. The second kappa shape index (κ2) is 14.9. The van der Waals surface area contributed by atoms with E-state index in [1.165, 1.54) is 11.1 Å². The molecule has 1 aliphatic heterocycles. The maximum Gasteiger partial charge on any atom is 0.259 e. The number of aromatic nitrogens is 5. The number of ether oxygens (including phenoxy) is 1. The van der Waals surface area contributed by atoms with E-state index in [2.05, 4.69) is 20.3 Å². The van der Waals surface area contributed by atoms with E-state index in [0.717, 1.165) is 17.5 Å². The highest BCUT2D eigenvalue weighted by molar-refractivity contribution is 6.01. The molecule has 0 bridgehead atoms. The molecule has 0 atom stereocenters. The molecule has 0 aliphatic carbocycles. The number of likely N-dealkylation sites (N-methyl/N-ethyl adjacent to an activating group) is 2. The highest BCUT2D eigenvalue weighted by Crippen LogP contribution is 2.45. The van der Waals surface area contributed by atoms with Gasteiger partial charge in [-0.15, -0.1) is 0 Å². The Morgan fingerprint density at radius 3 is 2.27 bits per heavy atom. The van der Waals surface area contributed by atoms with Crippen molar-refractivity contribution >= 4 is 28.4 Å². The van der Waals surface area contributed by atoms with Crippen LogP contribution in [0, 0.1) is 5.82 Å². The molecule has 0 spiro atoms. The maximum atomic E-state index is 16.0. The second-order valence-corrected chi connectivity index (χ2v) is 12.7. The van der Waals surface area contributed by atoms with Gasteiger partial charge in [0.15, 0.2) is 17.3 Å². The lowest BCUT2D eigenvalue weighted by Gasteiger charge is -2.27. The Bertz CT molecular complexity index is 2300.